The fraction of sp³-hybridized carbons (Fsp3) is 0.267. The van der Waals surface area contributed by atoms with Gasteiger partial charge in [-0.25, -0.2) is 9.59 Å². The van der Waals surface area contributed by atoms with Crippen molar-refractivity contribution >= 4 is 29.6 Å². The minimum Gasteiger partial charge on any atom is -0.462 e. The highest BCUT2D eigenvalue weighted by atomic mass is 32.1. The van der Waals surface area contributed by atoms with Gasteiger partial charge in [-0.1, -0.05) is 6.07 Å². The fourth-order valence-corrected chi connectivity index (χ4v) is 2.72. The van der Waals surface area contributed by atoms with Crippen LogP contribution >= 0.6 is 11.3 Å². The lowest BCUT2D eigenvalue weighted by atomic mass is 10.1. The number of esters is 2. The molecular formula is C15H14O6S. The molecule has 0 saturated carbocycles. The van der Waals surface area contributed by atoms with E-state index in [2.05, 4.69) is 0 Å². The van der Waals surface area contributed by atoms with Crippen LogP contribution in [0.3, 0.4) is 0 Å². The van der Waals surface area contributed by atoms with Gasteiger partial charge < -0.3 is 13.9 Å². The van der Waals surface area contributed by atoms with Crippen LogP contribution in [-0.2, 0) is 9.47 Å². The van der Waals surface area contributed by atoms with Crippen LogP contribution in [0, 0.1) is 0 Å². The number of hydrogen-bond acceptors (Lipinski definition) is 7. The lowest BCUT2D eigenvalue weighted by Gasteiger charge is -2.04. The fourth-order valence-electron chi connectivity index (χ4n) is 1.94. The Morgan fingerprint density at radius 2 is 1.91 bits per heavy atom. The molecule has 2 aromatic rings. The first-order valence-electron chi connectivity index (χ1n) is 6.64. The van der Waals surface area contributed by atoms with E-state index in [-0.39, 0.29) is 35.9 Å². The quantitative estimate of drug-likeness (QED) is 0.600. The van der Waals surface area contributed by atoms with Gasteiger partial charge in [0.05, 0.1) is 18.8 Å². The molecule has 0 bridgehead atoms. The molecule has 116 valence electrons. The van der Waals surface area contributed by atoms with E-state index in [1.165, 1.54) is 11.3 Å². The summed E-state index contributed by atoms with van der Waals surface area (Å²) in [5.74, 6) is -1.96. The Hall–Kier alpha value is -2.41. The zero-order valence-electron chi connectivity index (χ0n) is 12.1. The van der Waals surface area contributed by atoms with E-state index in [1.807, 2.05) is 0 Å². The Bertz CT molecular complexity index is 683. The molecular weight excluding hydrogens is 308 g/mol. The molecule has 2 heterocycles. The first kappa shape index (κ1) is 16.0. The molecule has 7 heteroatoms. The molecule has 0 aliphatic carbocycles. The van der Waals surface area contributed by atoms with Crippen LogP contribution < -0.4 is 0 Å². The van der Waals surface area contributed by atoms with Crippen LogP contribution in [0.1, 0.15) is 45.3 Å². The van der Waals surface area contributed by atoms with Gasteiger partial charge in [-0.3, -0.25) is 4.79 Å². The van der Waals surface area contributed by atoms with Gasteiger partial charge in [-0.05, 0) is 25.3 Å². The van der Waals surface area contributed by atoms with Crippen LogP contribution in [0.25, 0.3) is 10.4 Å². The van der Waals surface area contributed by atoms with Crippen molar-refractivity contribution in [3.63, 3.8) is 0 Å². The topological polar surface area (TPSA) is 82.8 Å². The van der Waals surface area contributed by atoms with Crippen molar-refractivity contribution < 1.29 is 28.3 Å². The molecule has 0 aliphatic heterocycles. The van der Waals surface area contributed by atoms with Gasteiger partial charge >= 0.3 is 11.9 Å². The average Bonchev–Trinajstić information content (AvgIpc) is 3.14. The molecule has 2 aromatic heterocycles. The third kappa shape index (κ3) is 2.94. The third-order valence-corrected chi connectivity index (χ3v) is 3.64. The van der Waals surface area contributed by atoms with Crippen molar-refractivity contribution in [1.82, 2.24) is 0 Å². The minimum atomic E-state index is -0.809. The van der Waals surface area contributed by atoms with Gasteiger partial charge in [0.1, 0.15) is 5.56 Å². The van der Waals surface area contributed by atoms with Crippen molar-refractivity contribution in [3.8, 4) is 10.4 Å². The first-order valence-corrected chi connectivity index (χ1v) is 7.52. The molecule has 0 N–H and O–H groups in total. The molecule has 6 nitrogen and oxygen atoms in total. The number of carbonyl (C=O) groups excluding carboxylic acids is 3. The molecule has 0 atom stereocenters. The monoisotopic (exact) mass is 322 g/mol. The molecule has 22 heavy (non-hydrogen) atoms. The Kier molecular flexibility index (Phi) is 5.11. The third-order valence-electron chi connectivity index (χ3n) is 2.75. The average molecular weight is 322 g/mol. The maximum absolute atomic E-state index is 12.2. The van der Waals surface area contributed by atoms with Gasteiger partial charge in [-0.15, -0.1) is 11.3 Å². The SMILES string of the molecule is CCOC(=O)c1oc(C=O)c(-c2cccs2)c1C(=O)OCC. The number of ether oxygens (including phenoxy) is 2. The van der Waals surface area contributed by atoms with Crippen LogP contribution in [0.2, 0.25) is 0 Å². The summed E-state index contributed by atoms with van der Waals surface area (Å²) in [6, 6.07) is 3.49. The summed E-state index contributed by atoms with van der Waals surface area (Å²) in [6.45, 7) is 3.53. The predicted octanol–water partition coefficient (Wildman–Crippen LogP) is 3.17. The maximum atomic E-state index is 12.2. The predicted molar refractivity (Wildman–Crippen MR) is 79.3 cm³/mol. The lowest BCUT2D eigenvalue weighted by Crippen LogP contribution is -2.12. The lowest BCUT2D eigenvalue weighted by molar-refractivity contribution is 0.0451. The number of hydrogen-bond donors (Lipinski definition) is 0. The second-order valence-electron chi connectivity index (χ2n) is 4.08. The highest BCUT2D eigenvalue weighted by Gasteiger charge is 2.32. The summed E-state index contributed by atoms with van der Waals surface area (Å²) in [7, 11) is 0. The summed E-state index contributed by atoms with van der Waals surface area (Å²) in [5, 5.41) is 1.79. The summed E-state index contributed by atoms with van der Waals surface area (Å²) in [6.07, 6.45) is 0.459. The Morgan fingerprint density at radius 3 is 2.45 bits per heavy atom. The second kappa shape index (κ2) is 7.04. The van der Waals surface area contributed by atoms with Crippen molar-refractivity contribution in [2.45, 2.75) is 13.8 Å². The largest absolute Gasteiger partial charge is 0.462 e. The first-order chi connectivity index (χ1) is 10.6. The number of carbonyl (C=O) groups is 3. The molecule has 0 saturated heterocycles. The van der Waals surface area contributed by atoms with Crippen molar-refractivity contribution in [2.24, 2.45) is 0 Å². The van der Waals surface area contributed by atoms with Crippen LogP contribution in [0.4, 0.5) is 0 Å². The van der Waals surface area contributed by atoms with Crippen molar-refractivity contribution in [2.75, 3.05) is 13.2 Å². The zero-order valence-corrected chi connectivity index (χ0v) is 12.9. The summed E-state index contributed by atoms with van der Waals surface area (Å²) in [4.78, 5) is 36.1. The highest BCUT2D eigenvalue weighted by molar-refractivity contribution is 7.13. The standard InChI is InChI=1S/C15H14O6S/c1-3-19-14(17)12-11(10-6-5-7-22-10)9(8-16)21-13(12)15(18)20-4-2/h5-8H,3-4H2,1-2H3. The van der Waals surface area contributed by atoms with E-state index < -0.39 is 11.9 Å². The van der Waals surface area contributed by atoms with Crippen LogP contribution in [0.15, 0.2) is 21.9 Å². The Morgan fingerprint density at radius 1 is 1.23 bits per heavy atom. The van der Waals surface area contributed by atoms with Gasteiger partial charge in [-0.2, -0.15) is 0 Å². The van der Waals surface area contributed by atoms with Gasteiger partial charge in [0.2, 0.25) is 5.76 Å². The van der Waals surface area contributed by atoms with E-state index in [0.717, 1.165) is 0 Å². The highest BCUT2D eigenvalue weighted by Crippen LogP contribution is 2.35. The molecule has 0 aromatic carbocycles. The van der Waals surface area contributed by atoms with Gasteiger partial charge in [0.15, 0.2) is 12.0 Å². The Balaban J connectivity index is 2.67. The van der Waals surface area contributed by atoms with Gasteiger partial charge in [0.25, 0.3) is 0 Å². The smallest absolute Gasteiger partial charge is 0.375 e. The molecule has 0 amide bonds. The normalized spacial score (nSPS) is 10.3. The van der Waals surface area contributed by atoms with Crippen molar-refractivity contribution in [1.29, 1.82) is 0 Å². The van der Waals surface area contributed by atoms with E-state index >= 15 is 0 Å². The summed E-state index contributed by atoms with van der Waals surface area (Å²) >= 11 is 1.31. The molecule has 0 aliphatic rings. The number of furan rings is 1. The van der Waals surface area contributed by atoms with Gasteiger partial charge in [0, 0.05) is 4.88 Å². The molecule has 0 fully saturated rings. The Labute approximate surface area is 130 Å². The molecule has 0 unspecified atom stereocenters. The summed E-state index contributed by atoms with van der Waals surface area (Å²) < 4.78 is 15.1. The number of aldehydes is 1. The van der Waals surface area contributed by atoms with E-state index in [9.17, 15) is 14.4 Å². The van der Waals surface area contributed by atoms with Crippen LogP contribution in [-0.4, -0.2) is 31.4 Å². The molecule has 0 spiro atoms. The maximum Gasteiger partial charge on any atom is 0.375 e. The number of thiophene rings is 1. The van der Waals surface area contributed by atoms with Crippen molar-refractivity contribution in [3.05, 3.63) is 34.6 Å². The van der Waals surface area contributed by atoms with E-state index in [4.69, 9.17) is 13.9 Å². The molecule has 2 rings (SSSR count). The van der Waals surface area contributed by atoms with Crippen LogP contribution in [0.5, 0.6) is 0 Å². The van der Waals surface area contributed by atoms with E-state index in [1.54, 1.807) is 31.4 Å². The zero-order chi connectivity index (χ0) is 16.1. The minimum absolute atomic E-state index is 0.0788. The second-order valence-corrected chi connectivity index (χ2v) is 5.03. The van der Waals surface area contributed by atoms with E-state index in [0.29, 0.717) is 11.2 Å². The number of rotatable bonds is 6. The summed E-state index contributed by atoms with van der Waals surface area (Å²) in [5.41, 5.74) is 0.177. The molecule has 0 radical (unpaired) electrons.